The highest BCUT2D eigenvalue weighted by Crippen LogP contribution is 2.37. The second-order valence-electron chi connectivity index (χ2n) is 6.42. The van der Waals surface area contributed by atoms with Crippen LogP contribution in [-0.2, 0) is 4.79 Å². The average Bonchev–Trinajstić information content (AvgIpc) is 3.29. The first-order valence-electron chi connectivity index (χ1n) is 8.62. The van der Waals surface area contributed by atoms with Crippen molar-refractivity contribution in [2.45, 2.75) is 6.42 Å². The lowest BCUT2D eigenvalue weighted by atomic mass is 10.2. The summed E-state index contributed by atoms with van der Waals surface area (Å²) in [6.07, 6.45) is 0.461. The molecule has 0 unspecified atom stereocenters. The monoisotopic (exact) mass is 411 g/mol. The predicted molar refractivity (Wildman–Crippen MR) is 106 cm³/mol. The summed E-state index contributed by atoms with van der Waals surface area (Å²) < 4.78 is 10.7. The lowest BCUT2D eigenvalue weighted by molar-refractivity contribution is -0.116. The molecule has 8 nitrogen and oxygen atoms in total. The first-order chi connectivity index (χ1) is 12.7. The van der Waals surface area contributed by atoms with Gasteiger partial charge in [-0.2, -0.15) is 0 Å². The second-order valence-corrected chi connectivity index (χ2v) is 7.40. The number of likely N-dealkylation sites (N-methyl/N-ethyl adjacent to an activating group) is 1. The largest absolute Gasteiger partial charge is 0.454 e. The molecule has 146 valence electrons. The van der Waals surface area contributed by atoms with Crippen LogP contribution in [0.1, 0.15) is 6.42 Å². The van der Waals surface area contributed by atoms with E-state index >= 15 is 0 Å². The molecule has 0 aliphatic carbocycles. The zero-order valence-corrected chi connectivity index (χ0v) is 16.6. The molecule has 0 saturated carbocycles. The third-order valence-corrected chi connectivity index (χ3v) is 5.43. The van der Waals surface area contributed by atoms with E-state index in [1.54, 1.807) is 0 Å². The van der Waals surface area contributed by atoms with Crippen molar-refractivity contribution in [3.63, 3.8) is 0 Å². The highest BCUT2D eigenvalue weighted by Gasteiger charge is 2.17. The van der Waals surface area contributed by atoms with Crippen LogP contribution in [0.15, 0.2) is 18.2 Å². The molecule has 4 rings (SSSR count). The van der Waals surface area contributed by atoms with Crippen LogP contribution in [0.25, 0.3) is 10.6 Å². The summed E-state index contributed by atoms with van der Waals surface area (Å²) in [6, 6.07) is 5.64. The van der Waals surface area contributed by atoms with E-state index in [4.69, 9.17) is 9.47 Å². The molecule has 0 spiro atoms. The molecule has 2 aliphatic rings. The highest BCUT2D eigenvalue weighted by molar-refractivity contribution is 7.18. The van der Waals surface area contributed by atoms with Crippen molar-refractivity contribution >= 4 is 34.8 Å². The molecule has 1 N–H and O–H groups in total. The number of piperazine rings is 1. The van der Waals surface area contributed by atoms with Crippen LogP contribution >= 0.6 is 23.7 Å². The van der Waals surface area contributed by atoms with Crippen LogP contribution in [0.2, 0.25) is 0 Å². The molecule has 1 aromatic heterocycles. The number of ether oxygens (including phenoxy) is 2. The van der Waals surface area contributed by atoms with Crippen LogP contribution in [0.3, 0.4) is 0 Å². The summed E-state index contributed by atoms with van der Waals surface area (Å²) in [6.45, 7) is 5.14. The summed E-state index contributed by atoms with van der Waals surface area (Å²) in [4.78, 5) is 16.8. The number of amides is 1. The molecule has 0 atom stereocenters. The van der Waals surface area contributed by atoms with Crippen LogP contribution in [0.4, 0.5) is 5.13 Å². The first kappa shape index (κ1) is 19.8. The summed E-state index contributed by atoms with van der Waals surface area (Å²) in [5, 5.41) is 12.3. The Morgan fingerprint density at radius 1 is 1.19 bits per heavy atom. The van der Waals surface area contributed by atoms with Crippen molar-refractivity contribution in [1.82, 2.24) is 20.0 Å². The lowest BCUT2D eigenvalue weighted by Crippen LogP contribution is -2.45. The standard InChI is InChI=1S/C17H21N5O3S.ClH/c1-21-6-8-22(9-7-21)5-4-15(23)18-17-20-19-16(26-17)12-2-3-13-14(10-12)25-11-24-13;/h2-3,10H,4-9,11H2,1H3,(H,18,20,23);1H. The first-order valence-corrected chi connectivity index (χ1v) is 9.43. The Bertz CT molecular complexity index is 795. The van der Waals surface area contributed by atoms with Crippen molar-refractivity contribution in [3.8, 4) is 22.1 Å². The number of hydrogen-bond acceptors (Lipinski definition) is 8. The second kappa shape index (κ2) is 8.83. The van der Waals surface area contributed by atoms with E-state index in [9.17, 15) is 4.79 Å². The Morgan fingerprint density at radius 3 is 2.78 bits per heavy atom. The fourth-order valence-electron chi connectivity index (χ4n) is 2.93. The van der Waals surface area contributed by atoms with Gasteiger partial charge in [-0.15, -0.1) is 22.6 Å². The van der Waals surface area contributed by atoms with Gasteiger partial charge in [-0.25, -0.2) is 0 Å². The van der Waals surface area contributed by atoms with Gasteiger partial charge >= 0.3 is 0 Å². The SMILES string of the molecule is CN1CCN(CCC(=O)Nc2nnc(-c3ccc4c(c3)OCO4)s2)CC1.Cl. The van der Waals surface area contributed by atoms with E-state index in [1.165, 1.54) is 11.3 Å². The predicted octanol–water partition coefficient (Wildman–Crippen LogP) is 1.93. The third-order valence-electron chi connectivity index (χ3n) is 4.54. The number of aromatic nitrogens is 2. The number of nitrogens with one attached hydrogen (secondary N) is 1. The number of carbonyl (C=O) groups is 1. The van der Waals surface area contributed by atoms with Crippen LogP contribution in [0, 0.1) is 0 Å². The molecule has 1 amide bonds. The Balaban J connectivity index is 0.00000210. The fourth-order valence-corrected chi connectivity index (χ4v) is 3.69. The lowest BCUT2D eigenvalue weighted by Gasteiger charge is -2.32. The number of benzene rings is 1. The number of rotatable bonds is 5. The number of nitrogens with zero attached hydrogens (tertiary/aromatic N) is 4. The minimum Gasteiger partial charge on any atom is -0.454 e. The maximum atomic E-state index is 12.2. The van der Waals surface area contributed by atoms with E-state index in [1.807, 2.05) is 18.2 Å². The van der Waals surface area contributed by atoms with E-state index in [2.05, 4.69) is 32.4 Å². The molecular formula is C17H22ClN5O3S. The van der Waals surface area contributed by atoms with Gasteiger partial charge in [0.15, 0.2) is 11.5 Å². The molecular weight excluding hydrogens is 390 g/mol. The van der Waals surface area contributed by atoms with Crippen molar-refractivity contribution in [2.75, 3.05) is 51.9 Å². The number of hydrogen-bond donors (Lipinski definition) is 1. The quantitative estimate of drug-likeness (QED) is 0.805. The minimum atomic E-state index is -0.0303. The molecule has 0 radical (unpaired) electrons. The van der Waals surface area contributed by atoms with Gasteiger partial charge in [-0.05, 0) is 25.2 Å². The molecule has 3 heterocycles. The number of anilines is 1. The summed E-state index contributed by atoms with van der Waals surface area (Å²) in [5.41, 5.74) is 0.893. The van der Waals surface area contributed by atoms with E-state index in [0.717, 1.165) is 49.0 Å². The zero-order valence-electron chi connectivity index (χ0n) is 15.0. The highest BCUT2D eigenvalue weighted by atomic mass is 35.5. The van der Waals surface area contributed by atoms with Crippen LogP contribution in [0.5, 0.6) is 11.5 Å². The van der Waals surface area contributed by atoms with Gasteiger partial charge in [0, 0.05) is 44.7 Å². The van der Waals surface area contributed by atoms with Gasteiger partial charge in [0.1, 0.15) is 5.01 Å². The van der Waals surface area contributed by atoms with E-state index in [0.29, 0.717) is 17.3 Å². The Morgan fingerprint density at radius 2 is 1.96 bits per heavy atom. The third kappa shape index (κ3) is 4.86. The smallest absolute Gasteiger partial charge is 0.231 e. The molecule has 10 heteroatoms. The number of halogens is 1. The van der Waals surface area contributed by atoms with E-state index < -0.39 is 0 Å². The van der Waals surface area contributed by atoms with Gasteiger partial charge in [-0.1, -0.05) is 11.3 Å². The Labute approximate surface area is 167 Å². The van der Waals surface area contributed by atoms with Crippen molar-refractivity contribution in [3.05, 3.63) is 18.2 Å². The summed E-state index contributed by atoms with van der Waals surface area (Å²) in [7, 11) is 2.12. The molecule has 27 heavy (non-hydrogen) atoms. The number of carbonyl (C=O) groups excluding carboxylic acids is 1. The van der Waals surface area contributed by atoms with Gasteiger partial charge in [0.2, 0.25) is 17.8 Å². The van der Waals surface area contributed by atoms with Crippen molar-refractivity contribution in [2.24, 2.45) is 0 Å². The number of fused-ring (bicyclic) bond motifs is 1. The van der Waals surface area contributed by atoms with Crippen molar-refractivity contribution in [1.29, 1.82) is 0 Å². The summed E-state index contributed by atoms with van der Waals surface area (Å²) in [5.74, 6) is 1.41. The van der Waals surface area contributed by atoms with Gasteiger partial charge < -0.3 is 24.6 Å². The average molecular weight is 412 g/mol. The van der Waals surface area contributed by atoms with E-state index in [-0.39, 0.29) is 25.1 Å². The molecule has 1 saturated heterocycles. The van der Waals surface area contributed by atoms with Crippen LogP contribution < -0.4 is 14.8 Å². The fraction of sp³-hybridized carbons (Fsp3) is 0.471. The summed E-state index contributed by atoms with van der Waals surface area (Å²) >= 11 is 1.35. The molecule has 2 aromatic rings. The molecule has 1 aromatic carbocycles. The maximum absolute atomic E-state index is 12.2. The molecule has 1 fully saturated rings. The molecule has 2 aliphatic heterocycles. The van der Waals surface area contributed by atoms with Gasteiger partial charge in [0.05, 0.1) is 0 Å². The normalized spacial score (nSPS) is 16.8. The molecule has 0 bridgehead atoms. The maximum Gasteiger partial charge on any atom is 0.231 e. The zero-order chi connectivity index (χ0) is 17.9. The topological polar surface area (TPSA) is 79.8 Å². The van der Waals surface area contributed by atoms with Crippen molar-refractivity contribution < 1.29 is 14.3 Å². The van der Waals surface area contributed by atoms with Crippen LogP contribution in [-0.4, -0.2) is 72.5 Å². The Kier molecular flexibility index (Phi) is 6.48. The minimum absolute atomic E-state index is 0. The Hall–Kier alpha value is -1.94. The van der Waals surface area contributed by atoms with Gasteiger partial charge in [0.25, 0.3) is 0 Å². The van der Waals surface area contributed by atoms with Gasteiger partial charge in [-0.3, -0.25) is 4.79 Å².